The molecule has 232 valence electrons. The number of hydrogen-bond acceptors (Lipinski definition) is 7. The summed E-state index contributed by atoms with van der Waals surface area (Å²) in [7, 11) is 0. The highest BCUT2D eigenvalue weighted by Gasteiger charge is 2.35. The lowest BCUT2D eigenvalue weighted by molar-refractivity contribution is -0.138. The fraction of sp³-hybridized carbons (Fsp3) is 0.367. The first kappa shape index (κ1) is 31.1. The molecule has 14 heteroatoms. The SMILES string of the molecule is CC1CCN(CCCNC(=O)c2nc(Nc3ccc(C(F)(F)F)cc3)c3ccc(-c4ncccc4C(F)(F)F)nc3n2)CC1. The van der Waals surface area contributed by atoms with Crippen molar-refractivity contribution in [3.63, 3.8) is 0 Å². The number of piperidine rings is 1. The zero-order chi connectivity index (χ0) is 31.5. The van der Waals surface area contributed by atoms with Gasteiger partial charge in [0.2, 0.25) is 5.82 Å². The first-order chi connectivity index (χ1) is 20.9. The van der Waals surface area contributed by atoms with Gasteiger partial charge in [0.1, 0.15) is 11.5 Å². The fourth-order valence-electron chi connectivity index (χ4n) is 4.93. The molecule has 0 spiro atoms. The van der Waals surface area contributed by atoms with Crippen LogP contribution in [0.3, 0.4) is 0 Å². The molecule has 0 saturated carbocycles. The van der Waals surface area contributed by atoms with Crippen LogP contribution >= 0.6 is 0 Å². The molecular formula is C30H29F6N7O. The van der Waals surface area contributed by atoms with E-state index in [1.807, 2.05) is 0 Å². The Labute approximate surface area is 248 Å². The van der Waals surface area contributed by atoms with E-state index in [-0.39, 0.29) is 34.1 Å². The number of carbonyl (C=O) groups excluding carboxylic acids is 1. The van der Waals surface area contributed by atoms with E-state index in [2.05, 4.69) is 42.4 Å². The number of nitrogens with one attached hydrogen (secondary N) is 2. The fourth-order valence-corrected chi connectivity index (χ4v) is 4.93. The summed E-state index contributed by atoms with van der Waals surface area (Å²) in [4.78, 5) is 32.1. The van der Waals surface area contributed by atoms with E-state index < -0.39 is 35.1 Å². The topological polar surface area (TPSA) is 95.9 Å². The second-order valence-electron chi connectivity index (χ2n) is 10.7. The van der Waals surface area contributed by atoms with Crippen molar-refractivity contribution in [3.8, 4) is 11.4 Å². The third kappa shape index (κ3) is 7.41. The Morgan fingerprint density at radius 2 is 1.66 bits per heavy atom. The summed E-state index contributed by atoms with van der Waals surface area (Å²) in [5.41, 5.74) is -2.27. The quantitative estimate of drug-likeness (QED) is 0.167. The van der Waals surface area contributed by atoms with Gasteiger partial charge in [0.05, 0.1) is 22.2 Å². The van der Waals surface area contributed by atoms with Crippen LogP contribution in [-0.2, 0) is 12.4 Å². The van der Waals surface area contributed by atoms with E-state index in [0.29, 0.717) is 18.9 Å². The minimum Gasteiger partial charge on any atom is -0.349 e. The largest absolute Gasteiger partial charge is 0.418 e. The van der Waals surface area contributed by atoms with Gasteiger partial charge in [0.15, 0.2) is 5.65 Å². The predicted octanol–water partition coefficient (Wildman–Crippen LogP) is 6.72. The molecule has 5 rings (SSSR count). The average molecular weight is 618 g/mol. The molecule has 1 aliphatic heterocycles. The molecule has 1 saturated heterocycles. The Balaban J connectivity index is 1.44. The van der Waals surface area contributed by atoms with E-state index in [4.69, 9.17) is 0 Å². The number of alkyl halides is 6. The highest BCUT2D eigenvalue weighted by Crippen LogP contribution is 2.36. The van der Waals surface area contributed by atoms with Crippen LogP contribution in [0.2, 0.25) is 0 Å². The number of amides is 1. The number of rotatable bonds is 8. The van der Waals surface area contributed by atoms with Gasteiger partial charge < -0.3 is 15.5 Å². The van der Waals surface area contributed by atoms with Crippen LogP contribution < -0.4 is 10.6 Å². The van der Waals surface area contributed by atoms with Gasteiger partial charge >= 0.3 is 12.4 Å². The van der Waals surface area contributed by atoms with Gasteiger partial charge in [-0.1, -0.05) is 6.92 Å². The van der Waals surface area contributed by atoms with E-state index in [9.17, 15) is 31.1 Å². The Morgan fingerprint density at radius 3 is 2.34 bits per heavy atom. The summed E-state index contributed by atoms with van der Waals surface area (Å²) in [5.74, 6) is -0.192. The summed E-state index contributed by atoms with van der Waals surface area (Å²) in [6.07, 6.45) is -5.07. The average Bonchev–Trinajstić information content (AvgIpc) is 2.99. The van der Waals surface area contributed by atoms with Crippen molar-refractivity contribution in [1.29, 1.82) is 0 Å². The molecule has 0 bridgehead atoms. The van der Waals surface area contributed by atoms with Crippen LogP contribution in [0.5, 0.6) is 0 Å². The van der Waals surface area contributed by atoms with Crippen molar-refractivity contribution in [2.24, 2.45) is 5.92 Å². The first-order valence-corrected chi connectivity index (χ1v) is 14.0. The molecule has 3 aromatic heterocycles. The van der Waals surface area contributed by atoms with E-state index in [0.717, 1.165) is 56.7 Å². The van der Waals surface area contributed by atoms with Crippen LogP contribution in [0.4, 0.5) is 37.8 Å². The van der Waals surface area contributed by atoms with Crippen molar-refractivity contribution in [1.82, 2.24) is 30.2 Å². The van der Waals surface area contributed by atoms with Crippen molar-refractivity contribution < 1.29 is 31.1 Å². The molecule has 1 fully saturated rings. The number of benzene rings is 1. The van der Waals surface area contributed by atoms with Crippen molar-refractivity contribution in [2.45, 2.75) is 38.5 Å². The number of aromatic nitrogens is 4. The van der Waals surface area contributed by atoms with Gasteiger partial charge in [-0.05, 0) is 93.3 Å². The smallest absolute Gasteiger partial charge is 0.349 e. The minimum atomic E-state index is -4.70. The lowest BCUT2D eigenvalue weighted by Gasteiger charge is -2.30. The summed E-state index contributed by atoms with van der Waals surface area (Å²) < 4.78 is 80.2. The molecule has 0 atom stereocenters. The lowest BCUT2D eigenvalue weighted by atomic mass is 9.99. The minimum absolute atomic E-state index is 0.0402. The Kier molecular flexibility index (Phi) is 9.00. The molecule has 0 aliphatic carbocycles. The van der Waals surface area contributed by atoms with Crippen molar-refractivity contribution >= 4 is 28.4 Å². The van der Waals surface area contributed by atoms with Gasteiger partial charge in [0, 0.05) is 18.4 Å². The molecule has 4 aromatic rings. The third-order valence-corrected chi connectivity index (χ3v) is 7.41. The summed E-state index contributed by atoms with van der Waals surface area (Å²) in [6, 6.07) is 8.94. The molecule has 0 radical (unpaired) electrons. The molecule has 0 unspecified atom stereocenters. The summed E-state index contributed by atoms with van der Waals surface area (Å²) in [6.45, 7) is 5.38. The van der Waals surface area contributed by atoms with Gasteiger partial charge in [0.25, 0.3) is 5.91 Å². The van der Waals surface area contributed by atoms with Gasteiger partial charge in [-0.2, -0.15) is 26.3 Å². The maximum absolute atomic E-state index is 13.7. The summed E-state index contributed by atoms with van der Waals surface area (Å²) in [5, 5.41) is 5.89. The normalized spacial score (nSPS) is 15.0. The third-order valence-electron chi connectivity index (χ3n) is 7.41. The number of likely N-dealkylation sites (tertiary alicyclic amines) is 1. The van der Waals surface area contributed by atoms with Crippen molar-refractivity contribution in [3.05, 3.63) is 71.7 Å². The molecular weight excluding hydrogens is 588 g/mol. The highest BCUT2D eigenvalue weighted by molar-refractivity contribution is 5.96. The monoisotopic (exact) mass is 617 g/mol. The van der Waals surface area contributed by atoms with Crippen molar-refractivity contribution in [2.75, 3.05) is 31.5 Å². The standard InChI is InChI=1S/C30H29F6N7O/c1-18-11-16-43(17-12-18)15-3-14-38-28(44)27-41-25(39-20-7-5-19(6-8-20)29(31,32)33)21-9-10-23(40-26(21)42-27)24-22(30(34,35)36)4-2-13-37-24/h2,4-10,13,18H,3,11-12,14-17H2,1H3,(H,38,44)(H,39,40,41,42). The Bertz CT molecular complexity index is 1620. The van der Waals surface area contributed by atoms with E-state index >= 15 is 0 Å². The highest BCUT2D eigenvalue weighted by atomic mass is 19.4. The second-order valence-corrected chi connectivity index (χ2v) is 10.7. The second kappa shape index (κ2) is 12.7. The molecule has 2 N–H and O–H groups in total. The number of hydrogen-bond donors (Lipinski definition) is 2. The van der Waals surface area contributed by atoms with Crippen LogP contribution in [0.25, 0.3) is 22.4 Å². The first-order valence-electron chi connectivity index (χ1n) is 14.0. The summed E-state index contributed by atoms with van der Waals surface area (Å²) >= 11 is 0. The Morgan fingerprint density at radius 1 is 0.932 bits per heavy atom. The zero-order valence-corrected chi connectivity index (χ0v) is 23.6. The predicted molar refractivity (Wildman–Crippen MR) is 152 cm³/mol. The molecule has 44 heavy (non-hydrogen) atoms. The molecule has 1 aromatic carbocycles. The lowest BCUT2D eigenvalue weighted by Crippen LogP contribution is -2.35. The van der Waals surface area contributed by atoms with E-state index in [1.54, 1.807) is 0 Å². The number of fused-ring (bicyclic) bond motifs is 1. The van der Waals surface area contributed by atoms with Crippen LogP contribution in [0, 0.1) is 5.92 Å². The van der Waals surface area contributed by atoms with Gasteiger partial charge in [-0.3, -0.25) is 9.78 Å². The molecule has 1 aliphatic rings. The van der Waals surface area contributed by atoms with E-state index in [1.165, 1.54) is 30.5 Å². The number of halogens is 6. The molecule has 4 heterocycles. The number of anilines is 2. The Hall–Kier alpha value is -4.33. The number of pyridine rings is 2. The molecule has 1 amide bonds. The van der Waals surface area contributed by atoms with Crippen LogP contribution in [-0.4, -0.2) is 56.9 Å². The van der Waals surface area contributed by atoms with Gasteiger partial charge in [-0.15, -0.1) is 0 Å². The van der Waals surface area contributed by atoms with Crippen LogP contribution in [0.1, 0.15) is 47.9 Å². The zero-order valence-electron chi connectivity index (χ0n) is 23.6. The van der Waals surface area contributed by atoms with Crippen LogP contribution in [0.15, 0.2) is 54.7 Å². The maximum atomic E-state index is 13.7. The number of nitrogens with zero attached hydrogens (tertiary/aromatic N) is 5. The molecule has 8 nitrogen and oxygen atoms in total. The van der Waals surface area contributed by atoms with Gasteiger partial charge in [-0.25, -0.2) is 15.0 Å². The number of carbonyl (C=O) groups is 1. The maximum Gasteiger partial charge on any atom is 0.418 e.